The zero-order valence-electron chi connectivity index (χ0n) is 14.6. The van der Waals surface area contributed by atoms with E-state index in [9.17, 15) is 0 Å². The molecule has 4 nitrogen and oxygen atoms in total. The number of hydrogen-bond donors (Lipinski definition) is 1. The molecule has 0 aromatic carbocycles. The van der Waals surface area contributed by atoms with Crippen molar-refractivity contribution in [2.75, 3.05) is 46.1 Å². The van der Waals surface area contributed by atoms with Gasteiger partial charge < -0.3 is 15.2 Å². The summed E-state index contributed by atoms with van der Waals surface area (Å²) in [6, 6.07) is 0. The summed E-state index contributed by atoms with van der Waals surface area (Å²) in [5, 5.41) is 0. The summed E-state index contributed by atoms with van der Waals surface area (Å²) in [5.41, 5.74) is 6.39. The SMILES string of the molecule is CCOCCN(CCOCC)C1(CN)CCCC(C)C1C. The molecule has 0 aliphatic heterocycles. The maximum absolute atomic E-state index is 6.28. The van der Waals surface area contributed by atoms with E-state index >= 15 is 0 Å². The van der Waals surface area contributed by atoms with Crippen LogP contribution in [0.3, 0.4) is 0 Å². The van der Waals surface area contributed by atoms with E-state index in [1.54, 1.807) is 0 Å². The third kappa shape index (κ3) is 4.92. The first kappa shape index (κ1) is 18.9. The van der Waals surface area contributed by atoms with Gasteiger partial charge in [-0.3, -0.25) is 4.90 Å². The molecule has 2 N–H and O–H groups in total. The second kappa shape index (κ2) is 9.78. The van der Waals surface area contributed by atoms with E-state index in [0.29, 0.717) is 5.92 Å². The molecular weight excluding hydrogens is 264 g/mol. The monoisotopic (exact) mass is 300 g/mol. The molecular formula is C17H36N2O2. The topological polar surface area (TPSA) is 47.7 Å². The fourth-order valence-electron chi connectivity index (χ4n) is 3.80. The molecule has 126 valence electrons. The molecule has 0 aromatic rings. The van der Waals surface area contributed by atoms with Gasteiger partial charge >= 0.3 is 0 Å². The lowest BCUT2D eigenvalue weighted by molar-refractivity contribution is -0.0388. The van der Waals surface area contributed by atoms with Gasteiger partial charge in [0.1, 0.15) is 0 Å². The molecule has 0 spiro atoms. The van der Waals surface area contributed by atoms with Crippen molar-refractivity contribution >= 4 is 0 Å². The highest BCUT2D eigenvalue weighted by atomic mass is 16.5. The Kier molecular flexibility index (Phi) is 8.79. The van der Waals surface area contributed by atoms with E-state index in [-0.39, 0.29) is 5.54 Å². The summed E-state index contributed by atoms with van der Waals surface area (Å²) < 4.78 is 11.2. The lowest BCUT2D eigenvalue weighted by Crippen LogP contribution is -2.62. The van der Waals surface area contributed by atoms with E-state index in [4.69, 9.17) is 15.2 Å². The predicted octanol–water partition coefficient (Wildman–Crippen LogP) is 2.51. The Hall–Kier alpha value is -0.160. The van der Waals surface area contributed by atoms with E-state index in [1.165, 1.54) is 19.3 Å². The maximum Gasteiger partial charge on any atom is 0.0593 e. The first-order chi connectivity index (χ1) is 10.1. The Morgan fingerprint density at radius 1 is 1.10 bits per heavy atom. The smallest absolute Gasteiger partial charge is 0.0593 e. The van der Waals surface area contributed by atoms with Gasteiger partial charge in [-0.15, -0.1) is 0 Å². The van der Waals surface area contributed by atoms with Crippen LogP contribution in [-0.4, -0.2) is 56.5 Å². The van der Waals surface area contributed by atoms with Crippen molar-refractivity contribution in [3.8, 4) is 0 Å². The van der Waals surface area contributed by atoms with Gasteiger partial charge in [0, 0.05) is 38.4 Å². The summed E-state index contributed by atoms with van der Waals surface area (Å²) in [7, 11) is 0. The van der Waals surface area contributed by atoms with Gasteiger partial charge in [-0.2, -0.15) is 0 Å². The van der Waals surface area contributed by atoms with Crippen LogP contribution in [-0.2, 0) is 9.47 Å². The van der Waals surface area contributed by atoms with Crippen LogP contribution in [0.25, 0.3) is 0 Å². The lowest BCUT2D eigenvalue weighted by atomic mass is 9.67. The van der Waals surface area contributed by atoms with E-state index in [0.717, 1.165) is 52.0 Å². The second-order valence-corrected chi connectivity index (χ2v) is 6.35. The molecule has 0 radical (unpaired) electrons. The average molecular weight is 300 g/mol. The molecule has 0 aromatic heterocycles. The van der Waals surface area contributed by atoms with Crippen molar-refractivity contribution in [2.24, 2.45) is 17.6 Å². The molecule has 1 aliphatic rings. The van der Waals surface area contributed by atoms with E-state index in [2.05, 4.69) is 32.6 Å². The molecule has 3 atom stereocenters. The van der Waals surface area contributed by atoms with Crippen LogP contribution in [0, 0.1) is 11.8 Å². The zero-order valence-corrected chi connectivity index (χ0v) is 14.6. The van der Waals surface area contributed by atoms with Gasteiger partial charge in [-0.1, -0.05) is 26.7 Å². The first-order valence-corrected chi connectivity index (χ1v) is 8.73. The summed E-state index contributed by atoms with van der Waals surface area (Å²) in [6.45, 7) is 14.6. The standard InChI is InChI=1S/C17H36N2O2/c1-5-20-12-10-19(11-13-21-6-2)17(14-18)9-7-8-15(3)16(17)4/h15-16H,5-14,18H2,1-4H3. The fourth-order valence-corrected chi connectivity index (χ4v) is 3.80. The highest BCUT2D eigenvalue weighted by Gasteiger charge is 2.44. The number of nitrogens with zero attached hydrogens (tertiary/aromatic N) is 1. The summed E-state index contributed by atoms with van der Waals surface area (Å²) in [4.78, 5) is 2.55. The fraction of sp³-hybridized carbons (Fsp3) is 1.00. The second-order valence-electron chi connectivity index (χ2n) is 6.35. The largest absolute Gasteiger partial charge is 0.380 e. The third-order valence-corrected chi connectivity index (χ3v) is 5.37. The molecule has 0 heterocycles. The van der Waals surface area contributed by atoms with Crippen molar-refractivity contribution in [1.82, 2.24) is 4.90 Å². The van der Waals surface area contributed by atoms with Crippen LogP contribution >= 0.6 is 0 Å². The molecule has 1 fully saturated rings. The molecule has 1 saturated carbocycles. The third-order valence-electron chi connectivity index (χ3n) is 5.37. The van der Waals surface area contributed by atoms with Crippen LogP contribution in [0.15, 0.2) is 0 Å². The Labute approximate surface area is 131 Å². The number of nitrogens with two attached hydrogens (primary N) is 1. The average Bonchev–Trinajstić information content (AvgIpc) is 2.49. The minimum absolute atomic E-state index is 0.117. The van der Waals surface area contributed by atoms with Crippen LogP contribution in [0.2, 0.25) is 0 Å². The maximum atomic E-state index is 6.28. The zero-order chi connectivity index (χ0) is 15.7. The summed E-state index contributed by atoms with van der Waals surface area (Å²) >= 11 is 0. The Bertz CT molecular complexity index is 266. The Balaban J connectivity index is 2.78. The molecule has 3 unspecified atom stereocenters. The molecule has 4 heteroatoms. The van der Waals surface area contributed by atoms with Crippen molar-refractivity contribution in [2.45, 2.75) is 52.5 Å². The molecule has 0 amide bonds. The van der Waals surface area contributed by atoms with Crippen LogP contribution in [0.4, 0.5) is 0 Å². The molecule has 1 aliphatic carbocycles. The first-order valence-electron chi connectivity index (χ1n) is 8.73. The van der Waals surface area contributed by atoms with Crippen molar-refractivity contribution in [1.29, 1.82) is 0 Å². The minimum atomic E-state index is 0.117. The molecule has 0 bridgehead atoms. The van der Waals surface area contributed by atoms with E-state index < -0.39 is 0 Å². The van der Waals surface area contributed by atoms with Gasteiger partial charge in [0.05, 0.1) is 13.2 Å². The molecule has 1 rings (SSSR count). The highest BCUT2D eigenvalue weighted by Crippen LogP contribution is 2.41. The van der Waals surface area contributed by atoms with Gasteiger partial charge in [-0.25, -0.2) is 0 Å². The van der Waals surface area contributed by atoms with Crippen molar-refractivity contribution in [3.63, 3.8) is 0 Å². The number of hydrogen-bond acceptors (Lipinski definition) is 4. The van der Waals surface area contributed by atoms with Gasteiger partial charge in [0.25, 0.3) is 0 Å². The minimum Gasteiger partial charge on any atom is -0.380 e. The van der Waals surface area contributed by atoms with Crippen LogP contribution in [0.5, 0.6) is 0 Å². The number of ether oxygens (including phenoxy) is 2. The van der Waals surface area contributed by atoms with Gasteiger partial charge in [0.15, 0.2) is 0 Å². The summed E-state index contributed by atoms with van der Waals surface area (Å²) in [6.07, 6.45) is 3.81. The lowest BCUT2D eigenvalue weighted by Gasteiger charge is -2.52. The molecule has 0 saturated heterocycles. The Morgan fingerprint density at radius 2 is 1.67 bits per heavy atom. The van der Waals surface area contributed by atoms with Crippen LogP contribution < -0.4 is 5.73 Å². The van der Waals surface area contributed by atoms with Crippen molar-refractivity contribution in [3.05, 3.63) is 0 Å². The Morgan fingerprint density at radius 3 is 2.14 bits per heavy atom. The predicted molar refractivity (Wildman–Crippen MR) is 88.5 cm³/mol. The molecule has 21 heavy (non-hydrogen) atoms. The van der Waals surface area contributed by atoms with E-state index in [1.807, 2.05) is 0 Å². The van der Waals surface area contributed by atoms with Gasteiger partial charge in [-0.05, 0) is 32.1 Å². The number of rotatable bonds is 10. The van der Waals surface area contributed by atoms with Gasteiger partial charge in [0.2, 0.25) is 0 Å². The quantitative estimate of drug-likeness (QED) is 0.630. The summed E-state index contributed by atoms with van der Waals surface area (Å²) in [5.74, 6) is 1.36. The normalized spacial score (nSPS) is 30.0. The highest BCUT2D eigenvalue weighted by molar-refractivity contribution is 5.00. The van der Waals surface area contributed by atoms with Crippen molar-refractivity contribution < 1.29 is 9.47 Å². The van der Waals surface area contributed by atoms with Crippen LogP contribution in [0.1, 0.15) is 47.0 Å².